The maximum Gasteiger partial charge on any atom is 0.255 e. The van der Waals surface area contributed by atoms with Gasteiger partial charge in [0.15, 0.2) is 0 Å². The summed E-state index contributed by atoms with van der Waals surface area (Å²) in [4.78, 5) is 35.2. The third kappa shape index (κ3) is 3.26. The maximum absolute atomic E-state index is 13.7. The Bertz CT molecular complexity index is 934. The first-order chi connectivity index (χ1) is 13.4. The van der Waals surface area contributed by atoms with Crippen LogP contribution in [0.1, 0.15) is 22.3 Å². The maximum atomic E-state index is 13.7. The Morgan fingerprint density at radius 2 is 2.04 bits per heavy atom. The molecule has 2 amide bonds. The number of likely N-dealkylation sites (N-methyl/N-ethyl adjacent to an activating group) is 1. The quantitative estimate of drug-likeness (QED) is 0.798. The van der Waals surface area contributed by atoms with E-state index in [-0.39, 0.29) is 29.7 Å². The van der Waals surface area contributed by atoms with Gasteiger partial charge in [-0.15, -0.1) is 0 Å². The zero-order chi connectivity index (χ0) is 19.9. The summed E-state index contributed by atoms with van der Waals surface area (Å²) in [5.74, 6) is -0.476. The van der Waals surface area contributed by atoms with E-state index in [1.54, 1.807) is 29.4 Å². The molecule has 0 N–H and O–H groups in total. The van der Waals surface area contributed by atoms with E-state index < -0.39 is 0 Å². The normalized spacial score (nSPS) is 22.9. The Hall–Kier alpha value is -2.80. The average molecular weight is 382 g/mol. The SMILES string of the molecule is Cc1cncc(C(=O)N2CC[C@]3(C2)CN(c2cccc(F)c2)C(=O)CN3C)c1. The number of nitrogens with zero attached hydrogens (tertiary/aromatic N) is 4. The second-order valence-electron chi connectivity index (χ2n) is 7.77. The lowest BCUT2D eigenvalue weighted by atomic mass is 9.92. The lowest BCUT2D eigenvalue weighted by Crippen LogP contribution is -2.64. The number of halogens is 1. The van der Waals surface area contributed by atoms with Crippen LogP contribution in [0.5, 0.6) is 0 Å². The van der Waals surface area contributed by atoms with Crippen LogP contribution in [-0.2, 0) is 4.79 Å². The fourth-order valence-electron chi connectivity index (χ4n) is 4.16. The summed E-state index contributed by atoms with van der Waals surface area (Å²) >= 11 is 0. The van der Waals surface area contributed by atoms with Crippen molar-refractivity contribution in [2.45, 2.75) is 18.9 Å². The Morgan fingerprint density at radius 3 is 2.79 bits per heavy atom. The molecule has 28 heavy (non-hydrogen) atoms. The van der Waals surface area contributed by atoms with Gasteiger partial charge in [0.2, 0.25) is 5.91 Å². The van der Waals surface area contributed by atoms with Crippen LogP contribution in [0, 0.1) is 12.7 Å². The topological polar surface area (TPSA) is 56.8 Å². The monoisotopic (exact) mass is 382 g/mol. The standard InChI is InChI=1S/C21H23FN4O2/c1-15-8-16(11-23-10-15)20(28)25-7-6-21(13-25)14-26(19(27)12-24(21)2)18-5-3-4-17(22)9-18/h3-5,8-11H,6-7,12-14H2,1-2H3/t21-/m0/s1. The van der Waals surface area contributed by atoms with Gasteiger partial charge in [-0.1, -0.05) is 6.07 Å². The van der Waals surface area contributed by atoms with Crippen LogP contribution in [0.15, 0.2) is 42.7 Å². The number of hydrogen-bond donors (Lipinski definition) is 0. The van der Waals surface area contributed by atoms with Crippen molar-refractivity contribution in [2.75, 3.05) is 38.1 Å². The highest BCUT2D eigenvalue weighted by atomic mass is 19.1. The van der Waals surface area contributed by atoms with Gasteiger partial charge in [-0.2, -0.15) is 0 Å². The second-order valence-corrected chi connectivity index (χ2v) is 7.77. The molecule has 1 spiro atoms. The van der Waals surface area contributed by atoms with E-state index in [0.717, 1.165) is 12.0 Å². The molecule has 2 saturated heterocycles. The summed E-state index contributed by atoms with van der Waals surface area (Å²) in [6.45, 7) is 3.72. The van der Waals surface area contributed by atoms with Crippen molar-refractivity contribution in [3.8, 4) is 0 Å². The third-order valence-corrected chi connectivity index (χ3v) is 5.80. The van der Waals surface area contributed by atoms with E-state index in [2.05, 4.69) is 4.98 Å². The van der Waals surface area contributed by atoms with Crippen molar-refractivity contribution in [3.63, 3.8) is 0 Å². The van der Waals surface area contributed by atoms with Gasteiger partial charge < -0.3 is 9.80 Å². The predicted molar refractivity (Wildman–Crippen MR) is 104 cm³/mol. The van der Waals surface area contributed by atoms with E-state index in [0.29, 0.717) is 30.9 Å². The predicted octanol–water partition coefficient (Wildman–Crippen LogP) is 2.09. The summed E-state index contributed by atoms with van der Waals surface area (Å²) in [6.07, 6.45) is 4.07. The molecule has 6 nitrogen and oxygen atoms in total. The van der Waals surface area contributed by atoms with Gasteiger partial charge in [0.25, 0.3) is 5.91 Å². The molecule has 146 valence electrons. The molecule has 0 bridgehead atoms. The summed E-state index contributed by atoms with van der Waals surface area (Å²) < 4.78 is 13.7. The minimum Gasteiger partial charge on any atom is -0.337 e. The molecular formula is C21H23FN4O2. The fourth-order valence-corrected chi connectivity index (χ4v) is 4.16. The number of carbonyl (C=O) groups is 2. The van der Waals surface area contributed by atoms with Gasteiger partial charge in [-0.25, -0.2) is 4.39 Å². The lowest BCUT2D eigenvalue weighted by molar-refractivity contribution is -0.123. The number of amides is 2. The highest BCUT2D eigenvalue weighted by molar-refractivity contribution is 5.96. The van der Waals surface area contributed by atoms with Crippen molar-refractivity contribution in [1.82, 2.24) is 14.8 Å². The van der Waals surface area contributed by atoms with Crippen LogP contribution in [0.4, 0.5) is 10.1 Å². The molecule has 3 heterocycles. The van der Waals surface area contributed by atoms with E-state index in [1.807, 2.05) is 29.8 Å². The molecule has 0 saturated carbocycles. The van der Waals surface area contributed by atoms with Crippen molar-refractivity contribution < 1.29 is 14.0 Å². The molecule has 1 aromatic carbocycles. The molecule has 2 aliphatic rings. The number of hydrogen-bond acceptors (Lipinski definition) is 4. The first kappa shape index (κ1) is 18.6. The Morgan fingerprint density at radius 1 is 1.21 bits per heavy atom. The van der Waals surface area contributed by atoms with E-state index in [1.165, 1.54) is 12.1 Å². The second kappa shape index (κ2) is 6.98. The smallest absolute Gasteiger partial charge is 0.255 e. The molecular weight excluding hydrogens is 359 g/mol. The zero-order valence-electron chi connectivity index (χ0n) is 16.1. The Labute approximate surface area is 163 Å². The number of aromatic nitrogens is 1. The van der Waals surface area contributed by atoms with E-state index in [4.69, 9.17) is 0 Å². The molecule has 4 rings (SSSR count). The van der Waals surface area contributed by atoms with Crippen molar-refractivity contribution in [1.29, 1.82) is 0 Å². The van der Waals surface area contributed by atoms with Gasteiger partial charge in [0.1, 0.15) is 5.82 Å². The molecule has 0 unspecified atom stereocenters. The number of piperazine rings is 1. The molecule has 2 aliphatic heterocycles. The van der Waals surface area contributed by atoms with Gasteiger partial charge >= 0.3 is 0 Å². The first-order valence-corrected chi connectivity index (χ1v) is 9.36. The summed E-state index contributed by atoms with van der Waals surface area (Å²) in [7, 11) is 1.92. The lowest BCUT2D eigenvalue weighted by Gasteiger charge is -2.46. The number of pyridine rings is 1. The number of anilines is 1. The minimum atomic E-state index is -0.367. The van der Waals surface area contributed by atoms with Crippen LogP contribution in [0.2, 0.25) is 0 Å². The molecule has 2 aromatic rings. The summed E-state index contributed by atoms with van der Waals surface area (Å²) in [5, 5.41) is 0. The van der Waals surface area contributed by atoms with Crippen LogP contribution in [-0.4, -0.2) is 65.4 Å². The largest absolute Gasteiger partial charge is 0.337 e. The van der Waals surface area contributed by atoms with Gasteiger partial charge in [-0.05, 0) is 50.2 Å². The number of carbonyl (C=O) groups excluding carboxylic acids is 2. The summed E-state index contributed by atoms with van der Waals surface area (Å²) in [6, 6.07) is 7.95. The van der Waals surface area contributed by atoms with Crippen LogP contribution >= 0.6 is 0 Å². The molecule has 0 aliphatic carbocycles. The highest BCUT2D eigenvalue weighted by Gasteiger charge is 2.48. The van der Waals surface area contributed by atoms with Crippen molar-refractivity contribution in [2.24, 2.45) is 0 Å². The van der Waals surface area contributed by atoms with Gasteiger partial charge in [0, 0.05) is 37.7 Å². The van der Waals surface area contributed by atoms with Gasteiger partial charge in [-0.3, -0.25) is 19.5 Å². The van der Waals surface area contributed by atoms with Gasteiger partial charge in [0.05, 0.1) is 17.6 Å². The average Bonchev–Trinajstić information content (AvgIpc) is 3.09. The first-order valence-electron chi connectivity index (χ1n) is 9.36. The number of likely N-dealkylation sites (tertiary alicyclic amines) is 1. The van der Waals surface area contributed by atoms with Crippen LogP contribution in [0.25, 0.3) is 0 Å². The zero-order valence-corrected chi connectivity index (χ0v) is 16.1. The fraction of sp³-hybridized carbons (Fsp3) is 0.381. The molecule has 1 atom stereocenters. The van der Waals surface area contributed by atoms with Crippen LogP contribution < -0.4 is 4.90 Å². The van der Waals surface area contributed by atoms with Crippen molar-refractivity contribution in [3.05, 3.63) is 59.7 Å². The Balaban J connectivity index is 1.57. The minimum absolute atomic E-state index is 0.0457. The molecule has 7 heteroatoms. The molecule has 0 radical (unpaired) electrons. The third-order valence-electron chi connectivity index (χ3n) is 5.80. The Kier molecular flexibility index (Phi) is 4.63. The van der Waals surface area contributed by atoms with E-state index in [9.17, 15) is 14.0 Å². The highest BCUT2D eigenvalue weighted by Crippen LogP contribution is 2.34. The number of benzene rings is 1. The summed E-state index contributed by atoms with van der Waals surface area (Å²) in [5.41, 5.74) is 1.74. The number of rotatable bonds is 2. The number of aryl methyl sites for hydroxylation is 1. The molecule has 2 fully saturated rings. The van der Waals surface area contributed by atoms with E-state index >= 15 is 0 Å². The van der Waals surface area contributed by atoms with Crippen LogP contribution in [0.3, 0.4) is 0 Å². The van der Waals surface area contributed by atoms with Crippen molar-refractivity contribution >= 4 is 17.5 Å². The molecule has 1 aromatic heterocycles.